The molecule has 7 nitrogen and oxygen atoms in total. The fourth-order valence-corrected chi connectivity index (χ4v) is 6.48. The monoisotopic (exact) mass is 643 g/mol. The first-order valence-electron chi connectivity index (χ1n) is 12.4. The maximum Gasteiger partial charge on any atom is 0.264 e. The number of anilines is 1. The lowest BCUT2D eigenvalue weighted by Crippen LogP contribution is -2.52. The predicted molar refractivity (Wildman–Crippen MR) is 162 cm³/mol. The van der Waals surface area contributed by atoms with Crippen LogP contribution in [0.5, 0.6) is 0 Å². The Labute approximate surface area is 255 Å². The maximum atomic E-state index is 14.0. The van der Waals surface area contributed by atoms with Crippen LogP contribution in [0.4, 0.5) is 5.69 Å². The minimum absolute atomic E-state index is 0.0231. The van der Waals surface area contributed by atoms with Crippen LogP contribution in [0, 0.1) is 6.92 Å². The summed E-state index contributed by atoms with van der Waals surface area (Å²) in [4.78, 5) is 28.3. The van der Waals surface area contributed by atoms with Gasteiger partial charge in [-0.05, 0) is 68.3 Å². The molecule has 0 saturated heterocycles. The Balaban J connectivity index is 2.11. The van der Waals surface area contributed by atoms with Gasteiger partial charge in [-0.1, -0.05) is 77.1 Å². The van der Waals surface area contributed by atoms with Crippen LogP contribution in [0.25, 0.3) is 0 Å². The van der Waals surface area contributed by atoms with Gasteiger partial charge in [0.25, 0.3) is 10.0 Å². The average molecular weight is 645 g/mol. The highest BCUT2D eigenvalue weighted by Crippen LogP contribution is 2.31. The molecule has 0 aromatic heterocycles. The summed E-state index contributed by atoms with van der Waals surface area (Å²) in [6.45, 7) is 5.04. The standard InChI is InChI=1S/C28H29Cl4N3O4S/c1-4-26(28(37)33-5-2)34(16-19-8-9-20(29)15-25(19)32)27(36)17-35(23-13-21(30)12-22(31)14-23)40(38,39)24-10-6-18(3)7-11-24/h6-15,26H,4-5,16-17H2,1-3H3,(H,33,37)/t26-/m0/s1. The number of carbonyl (C=O) groups excluding carboxylic acids is 2. The molecular weight excluding hydrogens is 616 g/mol. The number of nitrogens with one attached hydrogen (secondary N) is 1. The minimum Gasteiger partial charge on any atom is -0.355 e. The van der Waals surface area contributed by atoms with Gasteiger partial charge < -0.3 is 10.2 Å². The molecule has 3 aromatic carbocycles. The van der Waals surface area contributed by atoms with Crippen molar-refractivity contribution in [1.82, 2.24) is 10.2 Å². The van der Waals surface area contributed by atoms with E-state index in [0.29, 0.717) is 22.2 Å². The van der Waals surface area contributed by atoms with Gasteiger partial charge >= 0.3 is 0 Å². The van der Waals surface area contributed by atoms with E-state index in [1.807, 2.05) is 6.92 Å². The van der Waals surface area contributed by atoms with Crippen LogP contribution in [0.1, 0.15) is 31.4 Å². The van der Waals surface area contributed by atoms with Gasteiger partial charge in [0.05, 0.1) is 10.6 Å². The van der Waals surface area contributed by atoms with Crippen molar-refractivity contribution < 1.29 is 18.0 Å². The van der Waals surface area contributed by atoms with Gasteiger partial charge in [-0.15, -0.1) is 0 Å². The zero-order valence-corrected chi connectivity index (χ0v) is 26.0. The highest BCUT2D eigenvalue weighted by Gasteiger charge is 2.34. The zero-order valence-electron chi connectivity index (χ0n) is 22.1. The summed E-state index contributed by atoms with van der Waals surface area (Å²) < 4.78 is 28.8. The average Bonchev–Trinajstić information content (AvgIpc) is 2.88. The number of halogens is 4. The summed E-state index contributed by atoms with van der Waals surface area (Å²) in [6, 6.07) is 14.5. The van der Waals surface area contributed by atoms with E-state index >= 15 is 0 Å². The highest BCUT2D eigenvalue weighted by molar-refractivity contribution is 7.92. The molecule has 0 bridgehead atoms. The van der Waals surface area contributed by atoms with Crippen LogP contribution in [0.2, 0.25) is 20.1 Å². The van der Waals surface area contributed by atoms with E-state index in [1.54, 1.807) is 38.1 Å². The maximum absolute atomic E-state index is 14.0. The van der Waals surface area contributed by atoms with Crippen molar-refractivity contribution in [1.29, 1.82) is 0 Å². The SMILES string of the molecule is CCNC(=O)[C@H](CC)N(Cc1ccc(Cl)cc1Cl)C(=O)CN(c1cc(Cl)cc(Cl)c1)S(=O)(=O)c1ccc(C)cc1. The molecule has 0 aliphatic heterocycles. The molecule has 12 heteroatoms. The van der Waals surface area contributed by atoms with Gasteiger partial charge in [0.1, 0.15) is 12.6 Å². The second-order valence-corrected chi connectivity index (χ2v) is 12.6. The lowest BCUT2D eigenvalue weighted by molar-refractivity contribution is -0.140. The summed E-state index contributed by atoms with van der Waals surface area (Å²) in [5.41, 5.74) is 1.51. The Morgan fingerprint density at radius 2 is 1.50 bits per heavy atom. The number of hydrogen-bond donors (Lipinski definition) is 1. The Morgan fingerprint density at radius 3 is 2.05 bits per heavy atom. The van der Waals surface area contributed by atoms with Crippen LogP contribution >= 0.6 is 46.4 Å². The molecule has 1 atom stereocenters. The van der Waals surface area contributed by atoms with Crippen LogP contribution in [-0.4, -0.2) is 44.3 Å². The van der Waals surface area contributed by atoms with E-state index in [2.05, 4.69) is 5.32 Å². The summed E-state index contributed by atoms with van der Waals surface area (Å²) in [6.07, 6.45) is 0.274. The third-order valence-corrected chi connectivity index (χ3v) is 8.93. The molecule has 40 heavy (non-hydrogen) atoms. The van der Waals surface area contributed by atoms with Crippen molar-refractivity contribution in [3.05, 3.63) is 91.9 Å². The van der Waals surface area contributed by atoms with Gasteiger partial charge in [0, 0.05) is 33.2 Å². The topological polar surface area (TPSA) is 86.8 Å². The Hall–Kier alpha value is -2.49. The van der Waals surface area contributed by atoms with Crippen molar-refractivity contribution >= 4 is 73.9 Å². The fourth-order valence-electron chi connectivity index (χ4n) is 4.09. The minimum atomic E-state index is -4.26. The third kappa shape index (κ3) is 7.83. The van der Waals surface area contributed by atoms with Crippen LogP contribution < -0.4 is 9.62 Å². The number of likely N-dealkylation sites (N-methyl/N-ethyl adjacent to an activating group) is 1. The number of nitrogens with zero attached hydrogens (tertiary/aromatic N) is 2. The van der Waals surface area contributed by atoms with E-state index in [1.165, 1.54) is 41.3 Å². The molecule has 0 heterocycles. The van der Waals surface area contributed by atoms with Crippen LogP contribution in [0.3, 0.4) is 0 Å². The smallest absolute Gasteiger partial charge is 0.264 e. The van der Waals surface area contributed by atoms with E-state index in [0.717, 1.165) is 9.87 Å². The lowest BCUT2D eigenvalue weighted by Gasteiger charge is -2.33. The number of hydrogen-bond acceptors (Lipinski definition) is 4. The molecule has 0 radical (unpaired) electrons. The normalized spacial score (nSPS) is 12.1. The van der Waals surface area contributed by atoms with Crippen LogP contribution in [-0.2, 0) is 26.2 Å². The Morgan fingerprint density at radius 1 is 0.875 bits per heavy atom. The summed E-state index contributed by atoms with van der Waals surface area (Å²) in [5, 5.41) is 3.85. The largest absolute Gasteiger partial charge is 0.355 e. The third-order valence-electron chi connectivity index (χ3n) is 6.12. The van der Waals surface area contributed by atoms with E-state index in [-0.39, 0.29) is 39.5 Å². The van der Waals surface area contributed by atoms with Crippen molar-refractivity contribution in [3.63, 3.8) is 0 Å². The first-order chi connectivity index (χ1) is 18.9. The first kappa shape index (κ1) is 32.0. The van der Waals surface area contributed by atoms with Gasteiger partial charge in [-0.25, -0.2) is 8.42 Å². The van der Waals surface area contributed by atoms with Gasteiger partial charge in [0.15, 0.2) is 0 Å². The molecule has 0 saturated carbocycles. The Kier molecular flexibility index (Phi) is 11.1. The molecule has 3 aromatic rings. The van der Waals surface area contributed by atoms with Crippen molar-refractivity contribution in [2.45, 2.75) is 44.7 Å². The van der Waals surface area contributed by atoms with E-state index in [4.69, 9.17) is 46.4 Å². The Bertz CT molecular complexity index is 1460. The van der Waals surface area contributed by atoms with Gasteiger partial charge in [-0.3, -0.25) is 13.9 Å². The summed E-state index contributed by atoms with van der Waals surface area (Å²) in [7, 11) is -4.26. The molecule has 2 amide bonds. The van der Waals surface area contributed by atoms with E-state index < -0.39 is 28.5 Å². The van der Waals surface area contributed by atoms with Gasteiger partial charge in [0.2, 0.25) is 11.8 Å². The molecule has 0 aliphatic carbocycles. The van der Waals surface area contributed by atoms with Crippen molar-refractivity contribution in [2.75, 3.05) is 17.4 Å². The first-order valence-corrected chi connectivity index (χ1v) is 15.4. The predicted octanol–water partition coefficient (Wildman–Crippen LogP) is 6.75. The number of amides is 2. The molecule has 0 spiro atoms. The number of sulfonamides is 1. The van der Waals surface area contributed by atoms with Crippen molar-refractivity contribution in [2.24, 2.45) is 0 Å². The molecular formula is C28H29Cl4N3O4S. The lowest BCUT2D eigenvalue weighted by atomic mass is 10.1. The zero-order chi connectivity index (χ0) is 29.6. The second-order valence-electron chi connectivity index (χ2n) is 9.03. The van der Waals surface area contributed by atoms with Crippen LogP contribution in [0.15, 0.2) is 65.6 Å². The summed E-state index contributed by atoms with van der Waals surface area (Å²) in [5.74, 6) is -1.00. The van der Waals surface area contributed by atoms with Gasteiger partial charge in [-0.2, -0.15) is 0 Å². The van der Waals surface area contributed by atoms with E-state index in [9.17, 15) is 18.0 Å². The fraction of sp³-hybridized carbons (Fsp3) is 0.286. The molecule has 0 unspecified atom stereocenters. The molecule has 0 fully saturated rings. The molecule has 1 N–H and O–H groups in total. The summed E-state index contributed by atoms with van der Waals surface area (Å²) >= 11 is 24.9. The number of carbonyl (C=O) groups is 2. The molecule has 3 rings (SSSR count). The second kappa shape index (κ2) is 13.9. The number of rotatable bonds is 11. The highest BCUT2D eigenvalue weighted by atomic mass is 35.5. The molecule has 0 aliphatic rings. The van der Waals surface area contributed by atoms with Crippen molar-refractivity contribution in [3.8, 4) is 0 Å². The quantitative estimate of drug-likeness (QED) is 0.250. The number of aryl methyl sites for hydroxylation is 1. The number of benzene rings is 3. The molecule has 214 valence electrons.